The van der Waals surface area contributed by atoms with E-state index in [9.17, 15) is 15.0 Å². The second kappa shape index (κ2) is 6.87. The fourth-order valence-corrected chi connectivity index (χ4v) is 1.50. The highest BCUT2D eigenvalue weighted by Gasteiger charge is 2.17. The van der Waals surface area contributed by atoms with Gasteiger partial charge in [0.25, 0.3) is 5.91 Å². The molecular weight excluding hydrogens is 246 g/mol. The number of nitriles is 2. The molecule has 0 aromatic heterocycles. The highest BCUT2D eigenvalue weighted by atomic mass is 16.3. The van der Waals surface area contributed by atoms with Crippen LogP contribution in [-0.4, -0.2) is 22.2 Å². The molecule has 0 aliphatic heterocycles. The number of amides is 1. The Labute approximate surface area is 110 Å². The molecule has 0 bridgehead atoms. The fraction of sp³-hybridized carbons (Fsp3) is 0.308. The Morgan fingerprint density at radius 3 is 2.74 bits per heavy atom. The van der Waals surface area contributed by atoms with Crippen LogP contribution in [0.15, 0.2) is 18.2 Å². The van der Waals surface area contributed by atoms with Gasteiger partial charge in [0.15, 0.2) is 11.5 Å². The molecule has 1 rings (SSSR count). The minimum atomic E-state index is -0.734. The van der Waals surface area contributed by atoms with E-state index in [4.69, 9.17) is 10.5 Å². The number of unbranched alkanes of at least 4 members (excludes halogenated alkanes) is 1. The maximum Gasteiger partial charge on any atom is 0.256 e. The SMILES string of the molecule is N#CCCC[C@@H](C#N)NC(=O)c1cccc(O)c1O. The van der Waals surface area contributed by atoms with E-state index in [1.807, 2.05) is 12.1 Å². The molecule has 0 heterocycles. The van der Waals surface area contributed by atoms with Gasteiger partial charge in [-0.2, -0.15) is 10.5 Å². The first-order valence-corrected chi connectivity index (χ1v) is 5.68. The summed E-state index contributed by atoms with van der Waals surface area (Å²) in [6.07, 6.45) is 1.17. The predicted octanol–water partition coefficient (Wildman–Crippen LogP) is 1.41. The summed E-state index contributed by atoms with van der Waals surface area (Å²) in [6, 6.07) is 7.14. The average molecular weight is 259 g/mol. The van der Waals surface area contributed by atoms with Gasteiger partial charge in [0, 0.05) is 6.42 Å². The number of carbonyl (C=O) groups excluding carboxylic acids is 1. The van der Waals surface area contributed by atoms with Crippen LogP contribution < -0.4 is 5.32 Å². The van der Waals surface area contributed by atoms with E-state index in [0.29, 0.717) is 19.3 Å². The highest BCUT2D eigenvalue weighted by Crippen LogP contribution is 2.28. The van der Waals surface area contributed by atoms with E-state index >= 15 is 0 Å². The zero-order valence-corrected chi connectivity index (χ0v) is 10.1. The first kappa shape index (κ1) is 14.3. The molecule has 1 atom stereocenters. The van der Waals surface area contributed by atoms with Crippen molar-refractivity contribution in [3.8, 4) is 23.6 Å². The lowest BCUT2D eigenvalue weighted by Crippen LogP contribution is -2.33. The van der Waals surface area contributed by atoms with Gasteiger partial charge in [-0.15, -0.1) is 0 Å². The van der Waals surface area contributed by atoms with Gasteiger partial charge in [-0.25, -0.2) is 0 Å². The largest absolute Gasteiger partial charge is 0.504 e. The molecule has 0 saturated heterocycles. The molecule has 0 aliphatic rings. The van der Waals surface area contributed by atoms with Crippen LogP contribution >= 0.6 is 0 Å². The van der Waals surface area contributed by atoms with Crippen molar-refractivity contribution in [1.29, 1.82) is 10.5 Å². The van der Waals surface area contributed by atoms with Gasteiger partial charge in [-0.05, 0) is 25.0 Å². The average Bonchev–Trinajstić information content (AvgIpc) is 2.40. The summed E-state index contributed by atoms with van der Waals surface area (Å²) in [7, 11) is 0. The van der Waals surface area contributed by atoms with E-state index < -0.39 is 23.4 Å². The third-order valence-corrected chi connectivity index (χ3v) is 2.50. The third kappa shape index (κ3) is 3.90. The van der Waals surface area contributed by atoms with Crippen molar-refractivity contribution in [1.82, 2.24) is 5.32 Å². The molecule has 6 heteroatoms. The van der Waals surface area contributed by atoms with Crippen LogP contribution in [-0.2, 0) is 0 Å². The van der Waals surface area contributed by atoms with Gasteiger partial charge >= 0.3 is 0 Å². The molecule has 0 spiro atoms. The second-order valence-corrected chi connectivity index (χ2v) is 3.88. The van der Waals surface area contributed by atoms with E-state index in [0.717, 1.165) is 0 Å². The summed E-state index contributed by atoms with van der Waals surface area (Å²) >= 11 is 0. The number of phenolic OH excluding ortho intramolecular Hbond substituents is 2. The first-order valence-electron chi connectivity index (χ1n) is 5.68. The van der Waals surface area contributed by atoms with Crippen molar-refractivity contribution in [2.24, 2.45) is 0 Å². The number of hydrogen-bond acceptors (Lipinski definition) is 5. The molecule has 0 unspecified atom stereocenters. The molecule has 0 radical (unpaired) electrons. The monoisotopic (exact) mass is 259 g/mol. The van der Waals surface area contributed by atoms with Crippen LogP contribution in [0, 0.1) is 22.7 Å². The topological polar surface area (TPSA) is 117 Å². The van der Waals surface area contributed by atoms with Gasteiger partial charge in [-0.1, -0.05) is 6.07 Å². The van der Waals surface area contributed by atoms with Gasteiger partial charge in [0.2, 0.25) is 0 Å². The summed E-state index contributed by atoms with van der Waals surface area (Å²) < 4.78 is 0. The van der Waals surface area contributed by atoms with Crippen molar-refractivity contribution in [2.75, 3.05) is 0 Å². The summed E-state index contributed by atoms with van der Waals surface area (Å²) in [6.45, 7) is 0. The number of benzene rings is 1. The third-order valence-electron chi connectivity index (χ3n) is 2.50. The molecule has 98 valence electrons. The minimum Gasteiger partial charge on any atom is -0.504 e. The van der Waals surface area contributed by atoms with Crippen molar-refractivity contribution in [3.63, 3.8) is 0 Å². The second-order valence-electron chi connectivity index (χ2n) is 3.88. The van der Waals surface area contributed by atoms with Gasteiger partial charge in [0.1, 0.15) is 6.04 Å². The van der Waals surface area contributed by atoms with E-state index in [2.05, 4.69) is 5.32 Å². The Hall–Kier alpha value is -2.73. The number of carbonyl (C=O) groups is 1. The van der Waals surface area contributed by atoms with E-state index in [1.54, 1.807) is 0 Å². The normalized spacial score (nSPS) is 11.1. The maximum atomic E-state index is 11.8. The molecule has 1 amide bonds. The summed E-state index contributed by atoms with van der Waals surface area (Å²) in [4.78, 5) is 11.8. The lowest BCUT2D eigenvalue weighted by Gasteiger charge is -2.11. The Morgan fingerprint density at radius 1 is 1.37 bits per heavy atom. The molecule has 19 heavy (non-hydrogen) atoms. The quantitative estimate of drug-likeness (QED) is 0.546. The van der Waals surface area contributed by atoms with Crippen molar-refractivity contribution >= 4 is 5.91 Å². The van der Waals surface area contributed by atoms with Crippen LogP contribution in [0.2, 0.25) is 0 Å². The van der Waals surface area contributed by atoms with Gasteiger partial charge in [0.05, 0.1) is 17.7 Å². The van der Waals surface area contributed by atoms with Gasteiger partial charge < -0.3 is 15.5 Å². The zero-order valence-electron chi connectivity index (χ0n) is 10.1. The van der Waals surface area contributed by atoms with Crippen molar-refractivity contribution in [3.05, 3.63) is 23.8 Å². The molecule has 6 nitrogen and oxygen atoms in total. The Kier molecular flexibility index (Phi) is 5.18. The number of hydrogen-bond donors (Lipinski definition) is 3. The Balaban J connectivity index is 2.71. The molecule has 0 fully saturated rings. The molecular formula is C13H13N3O3. The minimum absolute atomic E-state index is 0.0967. The highest BCUT2D eigenvalue weighted by molar-refractivity contribution is 5.97. The number of nitrogens with zero attached hydrogens (tertiary/aromatic N) is 2. The number of nitrogens with one attached hydrogen (secondary N) is 1. The molecule has 0 saturated carbocycles. The predicted molar refractivity (Wildman–Crippen MR) is 66.1 cm³/mol. The van der Waals surface area contributed by atoms with E-state index in [1.165, 1.54) is 18.2 Å². The number of para-hydroxylation sites is 1. The fourth-order valence-electron chi connectivity index (χ4n) is 1.50. The molecule has 1 aromatic carbocycles. The van der Waals surface area contributed by atoms with Crippen molar-refractivity contribution in [2.45, 2.75) is 25.3 Å². The van der Waals surface area contributed by atoms with Crippen LogP contribution in [0.1, 0.15) is 29.6 Å². The summed E-state index contributed by atoms with van der Waals surface area (Å²) in [5.41, 5.74) is -0.0967. The number of rotatable bonds is 5. The van der Waals surface area contributed by atoms with Crippen LogP contribution in [0.4, 0.5) is 0 Å². The zero-order chi connectivity index (χ0) is 14.3. The van der Waals surface area contributed by atoms with Gasteiger partial charge in [-0.3, -0.25) is 4.79 Å². The van der Waals surface area contributed by atoms with Crippen molar-refractivity contribution < 1.29 is 15.0 Å². The van der Waals surface area contributed by atoms with Crippen LogP contribution in [0.25, 0.3) is 0 Å². The molecule has 3 N–H and O–H groups in total. The van der Waals surface area contributed by atoms with Crippen LogP contribution in [0.5, 0.6) is 11.5 Å². The lowest BCUT2D eigenvalue weighted by molar-refractivity contribution is 0.0940. The van der Waals surface area contributed by atoms with Crippen LogP contribution in [0.3, 0.4) is 0 Å². The maximum absolute atomic E-state index is 11.8. The molecule has 1 aromatic rings. The van der Waals surface area contributed by atoms with E-state index in [-0.39, 0.29) is 5.56 Å². The summed E-state index contributed by atoms with van der Waals surface area (Å²) in [5, 5.41) is 38.5. The number of phenols is 2. The lowest BCUT2D eigenvalue weighted by atomic mass is 10.1. The Morgan fingerprint density at radius 2 is 2.11 bits per heavy atom. The standard InChI is InChI=1S/C13H13N3O3/c14-7-2-1-4-9(8-15)16-13(19)10-5-3-6-11(17)12(10)18/h3,5-6,9,17-18H,1-2,4H2,(H,16,19)/t9-/m0/s1. The first-order chi connectivity index (χ1) is 9.10. The Bertz CT molecular complexity index is 543. The molecule has 0 aliphatic carbocycles. The smallest absolute Gasteiger partial charge is 0.256 e. The summed E-state index contributed by atoms with van der Waals surface area (Å²) in [5.74, 6) is -1.56. The number of aromatic hydroxyl groups is 2.